The standard InChI is InChI=1S/C29H27N5O2/c1-34-18-23(16-33-34)22-11-12-24-25(17-32-26(24)15-22)28(35)27(20-5-3-2-4-6-20)31-14-13-19-7-9-21(10-8-19)29(30)36/h2-12,15-18,27,31-32H,13-14H2,1H3,(H2,30,36)/t27-/m1/s1. The van der Waals surface area contributed by atoms with Crippen LogP contribution in [0.3, 0.4) is 0 Å². The number of carbonyl (C=O) groups excluding carboxylic acids is 2. The third-order valence-electron chi connectivity index (χ3n) is 6.38. The van der Waals surface area contributed by atoms with Crippen LogP contribution in [-0.4, -0.2) is 33.0 Å². The number of hydrogen-bond acceptors (Lipinski definition) is 4. The van der Waals surface area contributed by atoms with Crippen molar-refractivity contribution in [3.05, 3.63) is 114 Å². The van der Waals surface area contributed by atoms with E-state index in [2.05, 4.69) is 15.4 Å². The molecule has 5 rings (SSSR count). The van der Waals surface area contributed by atoms with Gasteiger partial charge in [0.1, 0.15) is 0 Å². The fourth-order valence-electron chi connectivity index (χ4n) is 4.44. The highest BCUT2D eigenvalue weighted by molar-refractivity contribution is 6.11. The van der Waals surface area contributed by atoms with Gasteiger partial charge in [-0.15, -0.1) is 0 Å². The number of nitrogens with one attached hydrogen (secondary N) is 2. The molecule has 2 aromatic heterocycles. The molecule has 0 fully saturated rings. The van der Waals surface area contributed by atoms with Crippen LogP contribution in [0.4, 0.5) is 0 Å². The van der Waals surface area contributed by atoms with E-state index in [9.17, 15) is 9.59 Å². The minimum Gasteiger partial charge on any atom is -0.366 e. The Labute approximate surface area is 209 Å². The molecule has 0 aliphatic heterocycles. The van der Waals surface area contributed by atoms with Gasteiger partial charge in [-0.25, -0.2) is 0 Å². The molecule has 36 heavy (non-hydrogen) atoms. The lowest BCUT2D eigenvalue weighted by Crippen LogP contribution is -2.30. The summed E-state index contributed by atoms with van der Waals surface area (Å²) < 4.78 is 1.77. The van der Waals surface area contributed by atoms with Crippen LogP contribution in [0.5, 0.6) is 0 Å². The molecule has 0 aliphatic carbocycles. The molecule has 0 bridgehead atoms. The van der Waals surface area contributed by atoms with Crippen molar-refractivity contribution in [1.82, 2.24) is 20.1 Å². The molecule has 1 amide bonds. The molecule has 0 saturated carbocycles. The molecule has 0 spiro atoms. The van der Waals surface area contributed by atoms with E-state index in [0.717, 1.165) is 33.2 Å². The summed E-state index contributed by atoms with van der Waals surface area (Å²) in [7, 11) is 1.89. The molecule has 7 nitrogen and oxygen atoms in total. The Hall–Kier alpha value is -4.49. The molecule has 7 heteroatoms. The summed E-state index contributed by atoms with van der Waals surface area (Å²) in [5.74, 6) is -0.439. The van der Waals surface area contributed by atoms with Crippen LogP contribution in [0.1, 0.15) is 37.9 Å². The van der Waals surface area contributed by atoms with Gasteiger partial charge < -0.3 is 16.0 Å². The van der Waals surface area contributed by atoms with Gasteiger partial charge in [0.15, 0.2) is 5.78 Å². The average Bonchev–Trinajstić information content (AvgIpc) is 3.53. The van der Waals surface area contributed by atoms with Crippen molar-refractivity contribution in [2.75, 3.05) is 6.54 Å². The fourth-order valence-corrected chi connectivity index (χ4v) is 4.44. The topological polar surface area (TPSA) is 106 Å². The van der Waals surface area contributed by atoms with E-state index in [1.165, 1.54) is 0 Å². The van der Waals surface area contributed by atoms with Crippen LogP contribution >= 0.6 is 0 Å². The molecular weight excluding hydrogens is 450 g/mol. The van der Waals surface area contributed by atoms with E-state index in [1.54, 1.807) is 23.0 Å². The number of fused-ring (bicyclic) bond motifs is 1. The van der Waals surface area contributed by atoms with Crippen LogP contribution in [0.2, 0.25) is 0 Å². The first-order valence-electron chi connectivity index (χ1n) is 11.8. The molecule has 0 radical (unpaired) electrons. The minimum atomic E-state index is -0.493. The summed E-state index contributed by atoms with van der Waals surface area (Å²) >= 11 is 0. The number of Topliss-reactive ketones (excluding diaryl/α,β-unsaturated/α-hetero) is 1. The first-order chi connectivity index (χ1) is 17.5. The van der Waals surface area contributed by atoms with E-state index in [-0.39, 0.29) is 5.78 Å². The van der Waals surface area contributed by atoms with Gasteiger partial charge in [0, 0.05) is 53.6 Å². The number of aromatic amines is 1. The van der Waals surface area contributed by atoms with Gasteiger partial charge >= 0.3 is 0 Å². The summed E-state index contributed by atoms with van der Waals surface area (Å²) in [5.41, 5.74) is 11.4. The SMILES string of the molecule is Cn1cc(-c2ccc3c(C(=O)[C@H](NCCc4ccc(C(N)=O)cc4)c4ccccc4)c[nH]c3c2)cn1. The number of ketones is 1. The molecule has 5 aromatic rings. The van der Waals surface area contributed by atoms with Crippen molar-refractivity contribution in [1.29, 1.82) is 0 Å². The van der Waals surface area contributed by atoms with Crippen molar-refractivity contribution in [2.45, 2.75) is 12.5 Å². The summed E-state index contributed by atoms with van der Waals surface area (Å²) in [4.78, 5) is 28.4. The Bertz CT molecular complexity index is 1520. The summed E-state index contributed by atoms with van der Waals surface area (Å²) in [5, 5.41) is 8.58. The quantitative estimate of drug-likeness (QED) is 0.273. The lowest BCUT2D eigenvalue weighted by Gasteiger charge is -2.18. The fraction of sp³-hybridized carbons (Fsp3) is 0.138. The van der Waals surface area contributed by atoms with Crippen molar-refractivity contribution in [2.24, 2.45) is 12.8 Å². The maximum absolute atomic E-state index is 13.8. The number of benzene rings is 3. The molecule has 2 heterocycles. The summed E-state index contributed by atoms with van der Waals surface area (Å²) in [6.45, 7) is 0.592. The number of amides is 1. The van der Waals surface area contributed by atoms with E-state index < -0.39 is 11.9 Å². The zero-order valence-corrected chi connectivity index (χ0v) is 19.9. The Morgan fingerprint density at radius 3 is 2.50 bits per heavy atom. The second kappa shape index (κ2) is 10.0. The smallest absolute Gasteiger partial charge is 0.248 e. The van der Waals surface area contributed by atoms with Gasteiger partial charge in [-0.2, -0.15) is 5.10 Å². The average molecular weight is 478 g/mol. The Kier molecular flexibility index (Phi) is 6.47. The molecule has 3 aromatic carbocycles. The predicted molar refractivity (Wildman–Crippen MR) is 141 cm³/mol. The molecule has 0 saturated heterocycles. The Balaban J connectivity index is 1.37. The lowest BCUT2D eigenvalue weighted by molar-refractivity contribution is 0.0943. The number of aromatic nitrogens is 3. The monoisotopic (exact) mass is 477 g/mol. The number of H-pyrrole nitrogens is 1. The second-order valence-corrected chi connectivity index (χ2v) is 8.84. The first kappa shape index (κ1) is 23.3. The molecule has 0 aliphatic rings. The van der Waals surface area contributed by atoms with Crippen molar-refractivity contribution in [3.8, 4) is 11.1 Å². The molecule has 1 atom stereocenters. The molecule has 180 valence electrons. The van der Waals surface area contributed by atoms with Crippen LogP contribution in [0.25, 0.3) is 22.0 Å². The van der Waals surface area contributed by atoms with E-state index in [4.69, 9.17) is 5.73 Å². The highest BCUT2D eigenvalue weighted by atomic mass is 16.1. The summed E-state index contributed by atoms with van der Waals surface area (Å²) in [6.07, 6.45) is 6.29. The highest BCUT2D eigenvalue weighted by Crippen LogP contribution is 2.28. The molecule has 0 unspecified atom stereocenters. The number of nitrogens with two attached hydrogens (primary N) is 1. The van der Waals surface area contributed by atoms with Gasteiger partial charge in [-0.05, 0) is 41.3 Å². The van der Waals surface area contributed by atoms with Crippen LogP contribution < -0.4 is 11.1 Å². The van der Waals surface area contributed by atoms with Crippen LogP contribution in [0, 0.1) is 0 Å². The number of aryl methyl sites for hydroxylation is 1. The number of carbonyl (C=O) groups is 2. The Morgan fingerprint density at radius 1 is 1.03 bits per heavy atom. The van der Waals surface area contributed by atoms with Gasteiger partial charge in [0.05, 0.1) is 12.2 Å². The highest BCUT2D eigenvalue weighted by Gasteiger charge is 2.24. The third-order valence-corrected chi connectivity index (χ3v) is 6.38. The van der Waals surface area contributed by atoms with Gasteiger partial charge in [0.2, 0.25) is 5.91 Å². The maximum Gasteiger partial charge on any atom is 0.248 e. The van der Waals surface area contributed by atoms with E-state index in [1.807, 2.05) is 80.1 Å². The zero-order chi connectivity index (χ0) is 25.1. The van der Waals surface area contributed by atoms with Crippen molar-refractivity contribution >= 4 is 22.6 Å². The zero-order valence-electron chi connectivity index (χ0n) is 19.9. The van der Waals surface area contributed by atoms with E-state index >= 15 is 0 Å². The number of hydrogen-bond donors (Lipinski definition) is 3. The Morgan fingerprint density at radius 2 is 1.81 bits per heavy atom. The third kappa shape index (κ3) is 4.82. The molecular formula is C29H27N5O2. The van der Waals surface area contributed by atoms with Gasteiger partial charge in [0.25, 0.3) is 0 Å². The second-order valence-electron chi connectivity index (χ2n) is 8.84. The largest absolute Gasteiger partial charge is 0.366 e. The van der Waals surface area contributed by atoms with Crippen LogP contribution in [0.15, 0.2) is 91.4 Å². The number of primary amides is 1. The van der Waals surface area contributed by atoms with Crippen molar-refractivity contribution in [3.63, 3.8) is 0 Å². The number of nitrogens with zero attached hydrogens (tertiary/aromatic N) is 2. The maximum atomic E-state index is 13.8. The molecule has 4 N–H and O–H groups in total. The minimum absolute atomic E-state index is 0.00524. The van der Waals surface area contributed by atoms with Gasteiger partial charge in [-0.1, -0.05) is 54.6 Å². The first-order valence-corrected chi connectivity index (χ1v) is 11.8. The van der Waals surface area contributed by atoms with Gasteiger partial charge in [-0.3, -0.25) is 14.3 Å². The lowest BCUT2D eigenvalue weighted by atomic mass is 9.96. The normalized spacial score (nSPS) is 12.0. The van der Waals surface area contributed by atoms with Crippen LogP contribution in [-0.2, 0) is 13.5 Å². The number of rotatable bonds is 9. The summed E-state index contributed by atoms with van der Waals surface area (Å²) in [6, 6.07) is 22.5. The van der Waals surface area contributed by atoms with Crippen molar-refractivity contribution < 1.29 is 9.59 Å². The predicted octanol–water partition coefficient (Wildman–Crippen LogP) is 4.42. The van der Waals surface area contributed by atoms with E-state index in [0.29, 0.717) is 24.1 Å².